The number of H-pyrrole nitrogens is 1. The molecule has 0 fully saturated rings. The first-order chi connectivity index (χ1) is 9.20. The lowest BCUT2D eigenvalue weighted by atomic mass is 10.2. The number of benzene rings is 1. The fourth-order valence-corrected chi connectivity index (χ4v) is 2.63. The second kappa shape index (κ2) is 4.43. The second-order valence-corrected chi connectivity index (χ2v) is 4.75. The average Bonchev–Trinajstić information content (AvgIpc) is 3.03. The molecule has 7 heteroatoms. The first-order valence-electron chi connectivity index (χ1n) is 5.74. The fourth-order valence-electron chi connectivity index (χ4n) is 1.93. The minimum atomic E-state index is -0.984. The first-order valence-corrected chi connectivity index (χ1v) is 6.51. The molecule has 0 unspecified atom stereocenters. The van der Waals surface area contributed by atoms with Gasteiger partial charge in [0.15, 0.2) is 5.82 Å². The lowest BCUT2D eigenvalue weighted by molar-refractivity contribution is 0.0699. The van der Waals surface area contributed by atoms with Crippen LogP contribution >= 0.6 is 11.5 Å². The van der Waals surface area contributed by atoms with Crippen molar-refractivity contribution in [2.75, 3.05) is 0 Å². The molecule has 0 spiro atoms. The third-order valence-electron chi connectivity index (χ3n) is 2.85. The SMILES string of the molecule is CCc1nnsc1-c1nc2c(C(=O)O)cccc2[nH]1. The maximum absolute atomic E-state index is 11.2. The zero-order chi connectivity index (χ0) is 13.4. The van der Waals surface area contributed by atoms with Gasteiger partial charge in [0.25, 0.3) is 0 Å². The number of rotatable bonds is 3. The molecule has 3 aromatic rings. The summed E-state index contributed by atoms with van der Waals surface area (Å²) >= 11 is 1.25. The number of fused-ring (bicyclic) bond motifs is 1. The van der Waals surface area contributed by atoms with Crippen LogP contribution in [0.5, 0.6) is 0 Å². The molecule has 2 aromatic heterocycles. The summed E-state index contributed by atoms with van der Waals surface area (Å²) in [5.41, 5.74) is 2.21. The Morgan fingerprint density at radius 2 is 2.32 bits per heavy atom. The molecule has 0 saturated carbocycles. The molecule has 96 valence electrons. The van der Waals surface area contributed by atoms with Gasteiger partial charge in [0.1, 0.15) is 10.4 Å². The van der Waals surface area contributed by atoms with Gasteiger partial charge >= 0.3 is 5.97 Å². The average molecular weight is 274 g/mol. The summed E-state index contributed by atoms with van der Waals surface area (Å²) in [6.07, 6.45) is 0.759. The van der Waals surface area contributed by atoms with Gasteiger partial charge < -0.3 is 10.1 Å². The van der Waals surface area contributed by atoms with Crippen LogP contribution in [0.3, 0.4) is 0 Å². The Kier molecular flexibility index (Phi) is 2.75. The normalized spacial score (nSPS) is 11.0. The van der Waals surface area contributed by atoms with Crippen LogP contribution in [0, 0.1) is 0 Å². The number of para-hydroxylation sites is 1. The van der Waals surface area contributed by atoms with Gasteiger partial charge in [0, 0.05) is 0 Å². The molecule has 0 atom stereocenters. The molecular weight excluding hydrogens is 264 g/mol. The van der Waals surface area contributed by atoms with E-state index in [2.05, 4.69) is 19.6 Å². The van der Waals surface area contributed by atoms with Crippen molar-refractivity contribution in [3.8, 4) is 10.7 Å². The molecule has 2 N–H and O–H groups in total. The van der Waals surface area contributed by atoms with Crippen molar-refractivity contribution in [3.05, 3.63) is 29.5 Å². The van der Waals surface area contributed by atoms with E-state index in [1.807, 2.05) is 6.92 Å². The minimum absolute atomic E-state index is 0.190. The highest BCUT2D eigenvalue weighted by molar-refractivity contribution is 7.09. The molecule has 0 aliphatic rings. The number of nitrogens with one attached hydrogen (secondary N) is 1. The molecule has 2 heterocycles. The Hall–Kier alpha value is -2.28. The van der Waals surface area contributed by atoms with Crippen molar-refractivity contribution in [2.45, 2.75) is 13.3 Å². The number of hydrogen-bond acceptors (Lipinski definition) is 5. The van der Waals surface area contributed by atoms with Crippen LogP contribution in [0.25, 0.3) is 21.7 Å². The monoisotopic (exact) mass is 274 g/mol. The van der Waals surface area contributed by atoms with E-state index in [0.29, 0.717) is 16.9 Å². The van der Waals surface area contributed by atoms with E-state index < -0.39 is 5.97 Å². The van der Waals surface area contributed by atoms with Gasteiger partial charge in [-0.2, -0.15) is 0 Å². The smallest absolute Gasteiger partial charge is 0.337 e. The molecule has 0 amide bonds. The van der Waals surface area contributed by atoms with E-state index in [1.54, 1.807) is 18.2 Å². The summed E-state index contributed by atoms with van der Waals surface area (Å²) in [5, 5.41) is 13.2. The predicted octanol–water partition coefficient (Wildman–Crippen LogP) is 2.34. The zero-order valence-electron chi connectivity index (χ0n) is 10.0. The van der Waals surface area contributed by atoms with E-state index in [9.17, 15) is 4.79 Å². The molecular formula is C12H10N4O2S. The Bertz CT molecular complexity index is 762. The van der Waals surface area contributed by atoms with Crippen molar-refractivity contribution >= 4 is 28.5 Å². The van der Waals surface area contributed by atoms with Gasteiger partial charge in [0.2, 0.25) is 0 Å². The highest BCUT2D eigenvalue weighted by atomic mass is 32.1. The van der Waals surface area contributed by atoms with Gasteiger partial charge in [0.05, 0.1) is 16.8 Å². The van der Waals surface area contributed by atoms with Crippen molar-refractivity contribution in [1.29, 1.82) is 0 Å². The second-order valence-electron chi connectivity index (χ2n) is 3.99. The van der Waals surface area contributed by atoms with E-state index in [1.165, 1.54) is 11.5 Å². The molecule has 6 nitrogen and oxygen atoms in total. The first kappa shape index (κ1) is 11.8. The quantitative estimate of drug-likeness (QED) is 0.764. The van der Waals surface area contributed by atoms with Gasteiger partial charge in [-0.3, -0.25) is 0 Å². The van der Waals surface area contributed by atoms with Gasteiger partial charge in [-0.25, -0.2) is 9.78 Å². The van der Waals surface area contributed by atoms with E-state index >= 15 is 0 Å². The van der Waals surface area contributed by atoms with Crippen LogP contribution < -0.4 is 0 Å². The standard InChI is InChI=1S/C12H10N4O2S/c1-2-7-10(19-16-15-7)11-13-8-5-3-4-6(12(17)18)9(8)14-11/h3-5H,2H2,1H3,(H,13,14)(H,17,18). The van der Waals surface area contributed by atoms with Gasteiger partial charge in [-0.05, 0) is 30.1 Å². The number of carbonyl (C=O) groups is 1. The zero-order valence-corrected chi connectivity index (χ0v) is 10.9. The van der Waals surface area contributed by atoms with Crippen LogP contribution in [-0.4, -0.2) is 30.6 Å². The summed E-state index contributed by atoms with van der Waals surface area (Å²) in [6, 6.07) is 5.04. The number of carboxylic acid groups (broad SMARTS) is 1. The van der Waals surface area contributed by atoms with Crippen LogP contribution in [-0.2, 0) is 6.42 Å². The molecule has 0 bridgehead atoms. The number of aromatic amines is 1. The molecule has 0 radical (unpaired) electrons. The number of imidazole rings is 1. The fraction of sp³-hybridized carbons (Fsp3) is 0.167. The van der Waals surface area contributed by atoms with Crippen molar-refractivity contribution in [3.63, 3.8) is 0 Å². The molecule has 0 aliphatic carbocycles. The maximum atomic E-state index is 11.2. The van der Waals surface area contributed by atoms with Crippen molar-refractivity contribution in [2.24, 2.45) is 0 Å². The summed E-state index contributed by atoms with van der Waals surface area (Å²) in [6.45, 7) is 1.99. The van der Waals surface area contributed by atoms with E-state index in [-0.39, 0.29) is 5.56 Å². The van der Waals surface area contributed by atoms with Crippen LogP contribution in [0.4, 0.5) is 0 Å². The molecule has 19 heavy (non-hydrogen) atoms. The largest absolute Gasteiger partial charge is 0.478 e. The van der Waals surface area contributed by atoms with Gasteiger partial charge in [-0.15, -0.1) is 5.10 Å². The number of hydrogen-bond donors (Lipinski definition) is 2. The van der Waals surface area contributed by atoms with Crippen LogP contribution in [0.2, 0.25) is 0 Å². The van der Waals surface area contributed by atoms with Crippen molar-refractivity contribution < 1.29 is 9.90 Å². The minimum Gasteiger partial charge on any atom is -0.478 e. The Morgan fingerprint density at radius 1 is 1.47 bits per heavy atom. The molecule has 1 aromatic carbocycles. The third-order valence-corrected chi connectivity index (χ3v) is 3.62. The van der Waals surface area contributed by atoms with Gasteiger partial charge in [-0.1, -0.05) is 17.5 Å². The number of carboxylic acids is 1. The van der Waals surface area contributed by atoms with Crippen LogP contribution in [0.15, 0.2) is 18.2 Å². The predicted molar refractivity (Wildman–Crippen MR) is 71.3 cm³/mol. The maximum Gasteiger partial charge on any atom is 0.337 e. The highest BCUT2D eigenvalue weighted by Crippen LogP contribution is 2.27. The lowest BCUT2D eigenvalue weighted by Crippen LogP contribution is -1.96. The summed E-state index contributed by atoms with van der Waals surface area (Å²) < 4.78 is 3.91. The Balaban J connectivity index is 2.22. The van der Waals surface area contributed by atoms with Crippen molar-refractivity contribution in [1.82, 2.24) is 19.6 Å². The van der Waals surface area contributed by atoms with E-state index in [4.69, 9.17) is 5.11 Å². The number of aromatic nitrogens is 4. The summed E-state index contributed by atoms with van der Waals surface area (Å²) in [7, 11) is 0. The number of aromatic carboxylic acids is 1. The lowest BCUT2D eigenvalue weighted by Gasteiger charge is -1.93. The number of aryl methyl sites for hydroxylation is 1. The number of nitrogens with zero attached hydrogens (tertiary/aromatic N) is 3. The molecule has 0 aliphatic heterocycles. The summed E-state index contributed by atoms with van der Waals surface area (Å²) in [5.74, 6) is -0.364. The summed E-state index contributed by atoms with van der Waals surface area (Å²) in [4.78, 5) is 19.5. The Labute approximate surface area is 112 Å². The topological polar surface area (TPSA) is 91.8 Å². The molecule has 3 rings (SSSR count). The Morgan fingerprint density at radius 3 is 3.05 bits per heavy atom. The van der Waals surface area contributed by atoms with E-state index in [0.717, 1.165) is 17.0 Å². The van der Waals surface area contributed by atoms with Crippen LogP contribution in [0.1, 0.15) is 23.0 Å². The third kappa shape index (κ3) is 1.88. The molecule has 0 saturated heterocycles. The highest BCUT2D eigenvalue weighted by Gasteiger charge is 2.16.